The Kier molecular flexibility index (Phi) is 5.38. The average molecular weight is 350 g/mol. The molecule has 7 heteroatoms. The summed E-state index contributed by atoms with van der Waals surface area (Å²) in [6, 6.07) is 13.3. The van der Waals surface area contributed by atoms with E-state index in [1.807, 2.05) is 30.3 Å². The van der Waals surface area contributed by atoms with Crippen molar-refractivity contribution >= 4 is 28.7 Å². The Hall–Kier alpha value is -3.48. The third-order valence-corrected chi connectivity index (χ3v) is 3.80. The monoisotopic (exact) mass is 350 g/mol. The van der Waals surface area contributed by atoms with E-state index in [4.69, 9.17) is 4.74 Å². The molecular weight excluding hydrogens is 332 g/mol. The van der Waals surface area contributed by atoms with Gasteiger partial charge in [-0.3, -0.25) is 9.97 Å². The highest BCUT2D eigenvalue weighted by Gasteiger charge is 2.22. The maximum Gasteiger partial charge on any atom is 0.328 e. The van der Waals surface area contributed by atoms with Crippen molar-refractivity contribution in [3.63, 3.8) is 0 Å². The van der Waals surface area contributed by atoms with Crippen LogP contribution in [0, 0.1) is 0 Å². The van der Waals surface area contributed by atoms with Crippen molar-refractivity contribution in [2.24, 2.45) is 0 Å². The molecule has 1 heterocycles. The van der Waals surface area contributed by atoms with Gasteiger partial charge in [0.15, 0.2) is 0 Å². The van der Waals surface area contributed by atoms with Crippen LogP contribution in [0.15, 0.2) is 60.9 Å². The first-order valence-corrected chi connectivity index (χ1v) is 8.06. The van der Waals surface area contributed by atoms with Crippen LogP contribution in [0.4, 0.5) is 10.5 Å². The lowest BCUT2D eigenvalue weighted by atomic mass is 10.1. The smallest absolute Gasteiger partial charge is 0.328 e. The van der Waals surface area contributed by atoms with Gasteiger partial charge in [-0.2, -0.15) is 0 Å². The Morgan fingerprint density at radius 2 is 1.77 bits per heavy atom. The molecule has 0 saturated carbocycles. The predicted molar refractivity (Wildman–Crippen MR) is 97.6 cm³/mol. The number of fused-ring (bicyclic) bond motifs is 1. The summed E-state index contributed by atoms with van der Waals surface area (Å²) in [5, 5.41) is 5.36. The van der Waals surface area contributed by atoms with Crippen molar-refractivity contribution in [3.8, 4) is 0 Å². The van der Waals surface area contributed by atoms with Gasteiger partial charge in [0.25, 0.3) is 0 Å². The number of methoxy groups -OCH3 is 1. The third-order valence-electron chi connectivity index (χ3n) is 3.80. The van der Waals surface area contributed by atoms with Crippen LogP contribution >= 0.6 is 0 Å². The fourth-order valence-corrected chi connectivity index (χ4v) is 2.55. The number of nitrogens with zero attached hydrogens (tertiary/aromatic N) is 2. The van der Waals surface area contributed by atoms with E-state index in [2.05, 4.69) is 20.6 Å². The number of nitrogens with one attached hydrogen (secondary N) is 2. The summed E-state index contributed by atoms with van der Waals surface area (Å²) in [7, 11) is 1.29. The van der Waals surface area contributed by atoms with E-state index in [0.29, 0.717) is 17.6 Å². The molecule has 0 radical (unpaired) electrons. The molecule has 2 amide bonds. The van der Waals surface area contributed by atoms with E-state index in [-0.39, 0.29) is 0 Å². The molecule has 0 spiro atoms. The van der Waals surface area contributed by atoms with Crippen LogP contribution < -0.4 is 10.6 Å². The van der Waals surface area contributed by atoms with E-state index >= 15 is 0 Å². The van der Waals surface area contributed by atoms with E-state index in [9.17, 15) is 9.59 Å². The van der Waals surface area contributed by atoms with Crippen molar-refractivity contribution in [2.75, 3.05) is 12.4 Å². The minimum atomic E-state index is -0.789. The van der Waals surface area contributed by atoms with Gasteiger partial charge in [0.05, 0.1) is 18.1 Å². The lowest BCUT2D eigenvalue weighted by Gasteiger charge is -2.17. The second-order valence-electron chi connectivity index (χ2n) is 5.62. The molecule has 1 unspecified atom stereocenters. The maximum absolute atomic E-state index is 12.3. The van der Waals surface area contributed by atoms with Gasteiger partial charge < -0.3 is 15.4 Å². The van der Waals surface area contributed by atoms with Gasteiger partial charge in [-0.25, -0.2) is 9.59 Å². The van der Waals surface area contributed by atoms with Crippen LogP contribution in [0.1, 0.15) is 5.56 Å². The standard InChI is InChI=1S/C19H18N4O3/c1-26-18(24)17(11-13-5-3-2-4-6-13)23-19(25)22-14-7-8-15-16(12-14)21-10-9-20-15/h2-10,12,17H,11H2,1H3,(H2,22,23,25). The van der Waals surface area contributed by atoms with Crippen molar-refractivity contribution in [2.45, 2.75) is 12.5 Å². The number of amides is 2. The van der Waals surface area contributed by atoms with Gasteiger partial charge in [-0.05, 0) is 23.8 Å². The highest BCUT2D eigenvalue weighted by Crippen LogP contribution is 2.15. The number of carbonyl (C=O) groups is 2. The molecule has 0 aliphatic carbocycles. The van der Waals surface area contributed by atoms with Gasteiger partial charge in [-0.15, -0.1) is 0 Å². The number of hydrogen-bond acceptors (Lipinski definition) is 5. The second-order valence-corrected chi connectivity index (χ2v) is 5.62. The number of ether oxygens (including phenoxy) is 1. The van der Waals surface area contributed by atoms with E-state index in [0.717, 1.165) is 11.1 Å². The van der Waals surface area contributed by atoms with Gasteiger partial charge in [0.1, 0.15) is 6.04 Å². The number of carbonyl (C=O) groups excluding carboxylic acids is 2. The molecule has 26 heavy (non-hydrogen) atoms. The number of hydrogen-bond donors (Lipinski definition) is 2. The van der Waals surface area contributed by atoms with Gasteiger partial charge >= 0.3 is 12.0 Å². The first kappa shape index (κ1) is 17.3. The van der Waals surface area contributed by atoms with Crippen LogP contribution in [-0.4, -0.2) is 35.1 Å². The van der Waals surface area contributed by atoms with E-state index in [1.54, 1.807) is 30.6 Å². The van der Waals surface area contributed by atoms with Crippen LogP contribution in [0.2, 0.25) is 0 Å². The molecule has 3 rings (SSSR count). The van der Waals surface area contributed by atoms with Crippen molar-refractivity contribution in [3.05, 3.63) is 66.5 Å². The van der Waals surface area contributed by atoms with E-state index < -0.39 is 18.0 Å². The van der Waals surface area contributed by atoms with E-state index in [1.165, 1.54) is 7.11 Å². The fraction of sp³-hybridized carbons (Fsp3) is 0.158. The Balaban J connectivity index is 1.69. The minimum absolute atomic E-state index is 0.337. The normalized spacial score (nSPS) is 11.6. The summed E-state index contributed by atoms with van der Waals surface area (Å²) in [6.45, 7) is 0. The van der Waals surface area contributed by atoms with Gasteiger partial charge in [0.2, 0.25) is 0 Å². The molecule has 7 nitrogen and oxygen atoms in total. The highest BCUT2D eigenvalue weighted by molar-refractivity contribution is 5.94. The molecule has 0 fully saturated rings. The Morgan fingerprint density at radius 1 is 1.04 bits per heavy atom. The number of esters is 1. The molecule has 0 aliphatic heterocycles. The van der Waals surface area contributed by atoms with Crippen LogP contribution in [0.5, 0.6) is 0 Å². The lowest BCUT2D eigenvalue weighted by molar-refractivity contribution is -0.142. The predicted octanol–water partition coefficient (Wildman–Crippen LogP) is 2.54. The molecule has 0 bridgehead atoms. The number of benzene rings is 2. The van der Waals surface area contributed by atoms with Crippen LogP contribution in [-0.2, 0) is 16.0 Å². The Labute approximate surface area is 150 Å². The quantitative estimate of drug-likeness (QED) is 0.690. The molecule has 2 N–H and O–H groups in total. The summed E-state index contributed by atoms with van der Waals surface area (Å²) < 4.78 is 4.79. The number of urea groups is 1. The molecule has 0 saturated heterocycles. The molecule has 1 aromatic heterocycles. The minimum Gasteiger partial charge on any atom is -0.467 e. The van der Waals surface area contributed by atoms with Gasteiger partial charge in [-0.1, -0.05) is 30.3 Å². The zero-order chi connectivity index (χ0) is 18.4. The molecule has 3 aromatic rings. The maximum atomic E-state index is 12.3. The SMILES string of the molecule is COC(=O)C(Cc1ccccc1)NC(=O)Nc1ccc2nccnc2c1. The largest absolute Gasteiger partial charge is 0.467 e. The zero-order valence-corrected chi connectivity index (χ0v) is 14.2. The van der Waals surface area contributed by atoms with Gasteiger partial charge in [0, 0.05) is 24.5 Å². The first-order valence-electron chi connectivity index (χ1n) is 8.06. The van der Waals surface area contributed by atoms with Crippen LogP contribution in [0.3, 0.4) is 0 Å². The molecule has 0 aliphatic rings. The topological polar surface area (TPSA) is 93.2 Å². The van der Waals surface area contributed by atoms with Crippen molar-refractivity contribution < 1.29 is 14.3 Å². The number of rotatable bonds is 5. The highest BCUT2D eigenvalue weighted by atomic mass is 16.5. The summed E-state index contributed by atoms with van der Waals surface area (Å²) in [5.74, 6) is -0.506. The molecular formula is C19H18N4O3. The third kappa shape index (κ3) is 4.32. The number of aromatic nitrogens is 2. The Morgan fingerprint density at radius 3 is 2.50 bits per heavy atom. The molecule has 1 atom stereocenters. The zero-order valence-electron chi connectivity index (χ0n) is 14.2. The summed E-state index contributed by atoms with van der Waals surface area (Å²) >= 11 is 0. The summed E-state index contributed by atoms with van der Waals surface area (Å²) in [6.07, 6.45) is 3.52. The molecule has 132 valence electrons. The van der Waals surface area contributed by atoms with Crippen LogP contribution in [0.25, 0.3) is 11.0 Å². The average Bonchev–Trinajstić information content (AvgIpc) is 2.67. The molecule has 2 aromatic carbocycles. The van der Waals surface area contributed by atoms with Crippen molar-refractivity contribution in [1.82, 2.24) is 15.3 Å². The summed E-state index contributed by atoms with van der Waals surface area (Å²) in [4.78, 5) is 32.7. The van der Waals surface area contributed by atoms with Crippen molar-refractivity contribution in [1.29, 1.82) is 0 Å². The first-order chi connectivity index (χ1) is 12.7. The second kappa shape index (κ2) is 8.06. The fourth-order valence-electron chi connectivity index (χ4n) is 2.55. The summed E-state index contributed by atoms with van der Waals surface area (Å²) in [5.41, 5.74) is 2.87. The number of anilines is 1. The lowest BCUT2D eigenvalue weighted by Crippen LogP contribution is -2.45. The Bertz CT molecular complexity index is 915.